The van der Waals surface area contributed by atoms with Crippen molar-refractivity contribution in [2.24, 2.45) is 0 Å². The van der Waals surface area contributed by atoms with E-state index in [0.29, 0.717) is 17.3 Å². The monoisotopic (exact) mass is 300 g/mol. The Balaban J connectivity index is 2.21. The second kappa shape index (κ2) is 5.30. The van der Waals surface area contributed by atoms with Crippen molar-refractivity contribution in [3.8, 4) is 0 Å². The first kappa shape index (κ1) is 14.0. The largest absolute Gasteiger partial charge is 0.338 e. The fourth-order valence-electron chi connectivity index (χ4n) is 1.50. The van der Waals surface area contributed by atoms with Crippen molar-refractivity contribution in [2.75, 3.05) is 6.26 Å². The Kier molecular flexibility index (Phi) is 3.91. The fourth-order valence-corrected chi connectivity index (χ4v) is 2.16. The lowest BCUT2D eigenvalue weighted by atomic mass is 10.1. The molecule has 2 aromatic rings. The molecule has 1 aromatic carbocycles. The zero-order chi connectivity index (χ0) is 14.0. The summed E-state index contributed by atoms with van der Waals surface area (Å²) in [5.74, 6) is 0.517. The van der Waals surface area contributed by atoms with Gasteiger partial charge in [-0.25, -0.2) is 8.42 Å². The molecular formula is C12H13ClN2O3S. The van der Waals surface area contributed by atoms with Crippen LogP contribution in [0.25, 0.3) is 0 Å². The minimum Gasteiger partial charge on any atom is -0.338 e. The third-order valence-electron chi connectivity index (χ3n) is 2.78. The first-order valence-corrected chi connectivity index (χ1v) is 7.96. The lowest BCUT2D eigenvalue weighted by molar-refractivity contribution is 0.372. The van der Waals surface area contributed by atoms with E-state index in [1.54, 1.807) is 6.07 Å². The summed E-state index contributed by atoms with van der Waals surface area (Å²) >= 11 is 6.03. The predicted molar refractivity (Wildman–Crippen MR) is 71.8 cm³/mol. The lowest BCUT2D eigenvalue weighted by Crippen LogP contribution is -2.08. The summed E-state index contributed by atoms with van der Waals surface area (Å²) in [5, 5.41) is 3.59. The van der Waals surface area contributed by atoms with Gasteiger partial charge in [-0.1, -0.05) is 35.0 Å². The van der Waals surface area contributed by atoms with Crippen LogP contribution in [0.3, 0.4) is 0 Å². The quantitative estimate of drug-likeness (QED) is 0.867. The molecule has 2 rings (SSSR count). The van der Waals surface area contributed by atoms with E-state index in [0.717, 1.165) is 11.8 Å². The molecule has 0 aliphatic rings. The smallest absolute Gasteiger partial charge is 0.244 e. The van der Waals surface area contributed by atoms with E-state index in [9.17, 15) is 8.42 Å². The minimum atomic E-state index is -3.25. The molecule has 5 nitrogen and oxygen atoms in total. The molecule has 0 spiro atoms. The zero-order valence-electron chi connectivity index (χ0n) is 10.5. The molecule has 102 valence electrons. The molecule has 1 heterocycles. The molecule has 0 amide bonds. The molecule has 0 aliphatic carbocycles. The average molecular weight is 301 g/mol. The van der Waals surface area contributed by atoms with E-state index in [1.807, 2.05) is 18.2 Å². The fraction of sp³-hybridized carbons (Fsp3) is 0.333. The number of benzene rings is 1. The number of halogens is 1. The molecule has 1 atom stereocenters. The highest BCUT2D eigenvalue weighted by molar-refractivity contribution is 7.90. The van der Waals surface area contributed by atoms with Crippen molar-refractivity contribution in [1.82, 2.24) is 10.1 Å². The molecule has 0 aliphatic heterocycles. The lowest BCUT2D eigenvalue weighted by Gasteiger charge is -2.01. The topological polar surface area (TPSA) is 73.1 Å². The van der Waals surface area contributed by atoms with Gasteiger partial charge in [0.2, 0.25) is 5.89 Å². The Hall–Kier alpha value is -1.40. The Morgan fingerprint density at radius 2 is 2.05 bits per heavy atom. The highest BCUT2D eigenvalue weighted by Gasteiger charge is 2.23. The van der Waals surface area contributed by atoms with Crippen LogP contribution >= 0.6 is 11.6 Å². The average Bonchev–Trinajstić information content (AvgIpc) is 2.78. The van der Waals surface area contributed by atoms with Gasteiger partial charge in [0.1, 0.15) is 5.25 Å². The molecule has 7 heteroatoms. The Morgan fingerprint density at radius 3 is 2.68 bits per heavy atom. The summed E-state index contributed by atoms with van der Waals surface area (Å²) in [4.78, 5) is 4.10. The van der Waals surface area contributed by atoms with Crippen molar-refractivity contribution in [3.63, 3.8) is 0 Å². The van der Waals surface area contributed by atoms with Crippen LogP contribution in [0.4, 0.5) is 0 Å². The van der Waals surface area contributed by atoms with Crippen LogP contribution in [-0.4, -0.2) is 24.8 Å². The second-order valence-electron chi connectivity index (χ2n) is 4.29. The Morgan fingerprint density at radius 1 is 1.37 bits per heavy atom. The van der Waals surface area contributed by atoms with E-state index in [4.69, 9.17) is 16.1 Å². The van der Waals surface area contributed by atoms with Crippen molar-refractivity contribution in [1.29, 1.82) is 0 Å². The van der Waals surface area contributed by atoms with Crippen LogP contribution in [0.1, 0.15) is 29.5 Å². The molecule has 0 fully saturated rings. The summed E-state index contributed by atoms with van der Waals surface area (Å²) in [6, 6.07) is 7.33. The molecule has 0 bridgehead atoms. The van der Waals surface area contributed by atoms with Gasteiger partial charge in [-0.05, 0) is 18.6 Å². The van der Waals surface area contributed by atoms with Gasteiger partial charge in [-0.2, -0.15) is 4.98 Å². The molecule has 1 unspecified atom stereocenters. The summed E-state index contributed by atoms with van der Waals surface area (Å²) in [5.41, 5.74) is 0.864. The maximum Gasteiger partial charge on any atom is 0.244 e. The zero-order valence-corrected chi connectivity index (χ0v) is 12.1. The molecule has 0 N–H and O–H groups in total. The van der Waals surface area contributed by atoms with Gasteiger partial charge in [0.15, 0.2) is 15.7 Å². The number of sulfone groups is 1. The second-order valence-corrected chi connectivity index (χ2v) is 7.06. The molecular weight excluding hydrogens is 288 g/mol. The first-order valence-electron chi connectivity index (χ1n) is 5.62. The molecule has 0 radical (unpaired) electrons. The van der Waals surface area contributed by atoms with Gasteiger partial charge in [0, 0.05) is 17.7 Å². The third-order valence-corrected chi connectivity index (χ3v) is 4.64. The van der Waals surface area contributed by atoms with E-state index < -0.39 is 15.1 Å². The minimum absolute atomic E-state index is 0.101. The highest BCUT2D eigenvalue weighted by Crippen LogP contribution is 2.21. The molecule has 19 heavy (non-hydrogen) atoms. The van der Waals surface area contributed by atoms with Gasteiger partial charge in [-0.3, -0.25) is 0 Å². The maximum absolute atomic E-state index is 11.4. The predicted octanol–water partition coefficient (Wildman–Crippen LogP) is 2.42. The van der Waals surface area contributed by atoms with Gasteiger partial charge >= 0.3 is 0 Å². The number of hydrogen-bond acceptors (Lipinski definition) is 5. The number of hydrogen-bond donors (Lipinski definition) is 0. The van der Waals surface area contributed by atoms with E-state index in [-0.39, 0.29) is 5.89 Å². The normalized spacial score (nSPS) is 13.4. The van der Waals surface area contributed by atoms with Crippen LogP contribution < -0.4 is 0 Å². The Labute approximate surface area is 116 Å². The van der Waals surface area contributed by atoms with E-state index in [1.165, 1.54) is 6.92 Å². The third kappa shape index (κ3) is 3.33. The van der Waals surface area contributed by atoms with Gasteiger partial charge in [0.25, 0.3) is 0 Å². The maximum atomic E-state index is 11.4. The summed E-state index contributed by atoms with van der Waals surface area (Å²) in [7, 11) is -3.25. The molecule has 1 aromatic heterocycles. The van der Waals surface area contributed by atoms with Crippen LogP contribution in [-0.2, 0) is 16.3 Å². The van der Waals surface area contributed by atoms with Crippen LogP contribution in [0, 0.1) is 0 Å². The van der Waals surface area contributed by atoms with Gasteiger partial charge in [-0.15, -0.1) is 0 Å². The van der Waals surface area contributed by atoms with Crippen LogP contribution in [0.2, 0.25) is 5.02 Å². The standard InChI is InChI=1S/C12H13ClN2O3S/c1-8(19(2,16)17)12-14-11(15-18-12)7-9-5-3-4-6-10(9)13/h3-6,8H,7H2,1-2H3. The SMILES string of the molecule is CC(c1nc(Cc2ccccc2Cl)no1)S(C)(=O)=O. The van der Waals surface area contributed by atoms with Crippen molar-refractivity contribution < 1.29 is 12.9 Å². The van der Waals surface area contributed by atoms with Crippen LogP contribution in [0.15, 0.2) is 28.8 Å². The van der Waals surface area contributed by atoms with Gasteiger partial charge < -0.3 is 4.52 Å². The first-order chi connectivity index (χ1) is 8.88. The molecule has 0 saturated heterocycles. The van der Waals surface area contributed by atoms with Crippen molar-refractivity contribution >= 4 is 21.4 Å². The highest BCUT2D eigenvalue weighted by atomic mass is 35.5. The van der Waals surface area contributed by atoms with Crippen molar-refractivity contribution in [3.05, 3.63) is 46.6 Å². The van der Waals surface area contributed by atoms with Gasteiger partial charge in [0.05, 0.1) is 0 Å². The Bertz CT molecular complexity index is 682. The van der Waals surface area contributed by atoms with E-state index in [2.05, 4.69) is 10.1 Å². The number of rotatable bonds is 4. The summed E-state index contributed by atoms with van der Waals surface area (Å²) in [6.07, 6.45) is 1.54. The summed E-state index contributed by atoms with van der Waals surface area (Å²) < 4.78 is 27.8. The van der Waals surface area contributed by atoms with Crippen LogP contribution in [0.5, 0.6) is 0 Å². The summed E-state index contributed by atoms with van der Waals surface area (Å²) in [6.45, 7) is 1.52. The van der Waals surface area contributed by atoms with Crippen molar-refractivity contribution in [2.45, 2.75) is 18.6 Å². The molecule has 0 saturated carbocycles. The number of nitrogens with zero attached hydrogens (tertiary/aromatic N) is 2. The van der Waals surface area contributed by atoms with E-state index >= 15 is 0 Å². The number of aromatic nitrogens is 2.